The predicted molar refractivity (Wildman–Crippen MR) is 94.4 cm³/mol. The Labute approximate surface area is 160 Å². The summed E-state index contributed by atoms with van der Waals surface area (Å²) >= 11 is 0. The summed E-state index contributed by atoms with van der Waals surface area (Å²) in [6.45, 7) is 1.56. The van der Waals surface area contributed by atoms with Crippen LogP contribution in [0.3, 0.4) is 0 Å². The number of aromatic carboxylic acids is 1. The number of rotatable bonds is 7. The molecule has 0 amide bonds. The molecule has 148 valence electrons. The molecular formula is C16H17N5O6S. The van der Waals surface area contributed by atoms with Crippen molar-refractivity contribution in [3.63, 3.8) is 0 Å². The van der Waals surface area contributed by atoms with E-state index in [-0.39, 0.29) is 11.7 Å². The molecule has 0 saturated heterocycles. The van der Waals surface area contributed by atoms with Crippen molar-refractivity contribution in [1.82, 2.24) is 24.6 Å². The number of sulfonamides is 1. The maximum absolute atomic E-state index is 13.0. The van der Waals surface area contributed by atoms with Gasteiger partial charge in [-0.1, -0.05) is 23.4 Å². The van der Waals surface area contributed by atoms with E-state index in [0.29, 0.717) is 11.3 Å². The molecule has 0 aliphatic carbocycles. The number of aryl methyl sites for hydroxylation is 2. The normalized spacial score (nSPS) is 12.7. The van der Waals surface area contributed by atoms with Crippen molar-refractivity contribution in [2.75, 3.05) is 7.11 Å². The average Bonchev–Trinajstić information content (AvgIpc) is 3.26. The van der Waals surface area contributed by atoms with E-state index in [1.165, 1.54) is 14.2 Å². The van der Waals surface area contributed by atoms with Crippen molar-refractivity contribution >= 4 is 16.0 Å². The monoisotopic (exact) mass is 407 g/mol. The molecule has 28 heavy (non-hydrogen) atoms. The second-order valence-electron chi connectivity index (χ2n) is 5.75. The Bertz CT molecular complexity index is 1120. The van der Waals surface area contributed by atoms with Gasteiger partial charge >= 0.3 is 5.97 Å². The summed E-state index contributed by atoms with van der Waals surface area (Å²) in [4.78, 5) is 15.1. The van der Waals surface area contributed by atoms with E-state index in [4.69, 9.17) is 9.26 Å². The molecule has 0 spiro atoms. The lowest BCUT2D eigenvalue weighted by Crippen LogP contribution is -2.31. The van der Waals surface area contributed by atoms with Gasteiger partial charge in [0.2, 0.25) is 15.9 Å². The molecule has 0 radical (unpaired) electrons. The zero-order chi connectivity index (χ0) is 20.5. The molecule has 2 heterocycles. The van der Waals surface area contributed by atoms with Gasteiger partial charge in [-0.2, -0.15) is 14.8 Å². The Kier molecular flexibility index (Phi) is 5.16. The third-order valence-electron chi connectivity index (χ3n) is 3.92. The van der Waals surface area contributed by atoms with Crippen LogP contribution in [0.25, 0.3) is 0 Å². The molecule has 3 rings (SSSR count). The number of nitrogens with zero attached hydrogens (tertiary/aromatic N) is 4. The van der Waals surface area contributed by atoms with Crippen LogP contribution in [0.2, 0.25) is 0 Å². The van der Waals surface area contributed by atoms with Crippen LogP contribution in [-0.4, -0.2) is 46.5 Å². The molecule has 12 heteroatoms. The number of aromatic nitrogens is 4. The Morgan fingerprint density at radius 3 is 2.68 bits per heavy atom. The zero-order valence-electron chi connectivity index (χ0n) is 15.1. The fourth-order valence-corrected chi connectivity index (χ4v) is 4.00. The minimum Gasteiger partial charge on any atom is -0.496 e. The van der Waals surface area contributed by atoms with E-state index in [0.717, 1.165) is 10.9 Å². The number of ether oxygens (including phenoxy) is 1. The number of methoxy groups -OCH3 is 1. The van der Waals surface area contributed by atoms with Gasteiger partial charge < -0.3 is 14.4 Å². The summed E-state index contributed by atoms with van der Waals surface area (Å²) < 4.78 is 39.6. The number of carbonyl (C=O) groups is 1. The van der Waals surface area contributed by atoms with E-state index >= 15 is 0 Å². The van der Waals surface area contributed by atoms with Crippen LogP contribution < -0.4 is 9.46 Å². The summed E-state index contributed by atoms with van der Waals surface area (Å²) in [5, 5.41) is 16.9. The Hall–Kier alpha value is -3.25. The molecular weight excluding hydrogens is 390 g/mol. The lowest BCUT2D eigenvalue weighted by atomic mass is 10.1. The predicted octanol–water partition coefficient (Wildman–Crippen LogP) is 0.886. The van der Waals surface area contributed by atoms with Crippen LogP contribution in [0.1, 0.15) is 33.8 Å². The van der Waals surface area contributed by atoms with Crippen molar-refractivity contribution in [2.45, 2.75) is 17.9 Å². The molecule has 1 unspecified atom stereocenters. The number of benzene rings is 1. The maximum Gasteiger partial charge on any atom is 0.355 e. The zero-order valence-corrected chi connectivity index (χ0v) is 16.0. The SMILES string of the molecule is COc1ccccc1C(NS(=O)(=O)c1cnn(C)c1C(=O)O)c1noc(C)n1. The first-order valence-corrected chi connectivity index (χ1v) is 9.43. The second kappa shape index (κ2) is 7.40. The Morgan fingerprint density at radius 2 is 2.07 bits per heavy atom. The smallest absolute Gasteiger partial charge is 0.355 e. The average molecular weight is 407 g/mol. The van der Waals surface area contributed by atoms with E-state index < -0.39 is 32.6 Å². The summed E-state index contributed by atoms with van der Waals surface area (Å²) in [5.74, 6) is -0.750. The van der Waals surface area contributed by atoms with Crippen LogP contribution in [0.4, 0.5) is 0 Å². The van der Waals surface area contributed by atoms with Gasteiger partial charge in [0, 0.05) is 19.5 Å². The van der Waals surface area contributed by atoms with E-state index in [2.05, 4.69) is 20.0 Å². The number of para-hydroxylation sites is 1. The number of nitrogens with one attached hydrogen (secondary N) is 1. The van der Waals surface area contributed by atoms with Crippen LogP contribution in [0, 0.1) is 6.92 Å². The molecule has 0 aliphatic heterocycles. The first-order valence-electron chi connectivity index (χ1n) is 7.95. The fourth-order valence-electron chi connectivity index (χ4n) is 2.67. The van der Waals surface area contributed by atoms with Crippen molar-refractivity contribution in [3.8, 4) is 5.75 Å². The summed E-state index contributed by atoms with van der Waals surface area (Å²) in [6, 6.07) is 5.62. The molecule has 3 aromatic rings. The highest BCUT2D eigenvalue weighted by atomic mass is 32.2. The minimum absolute atomic E-state index is 0.0475. The Balaban J connectivity index is 2.11. The van der Waals surface area contributed by atoms with Crippen molar-refractivity contribution in [3.05, 3.63) is 53.4 Å². The van der Waals surface area contributed by atoms with Gasteiger partial charge in [0.1, 0.15) is 16.7 Å². The number of carboxylic acids is 1. The molecule has 0 aliphatic rings. The van der Waals surface area contributed by atoms with E-state index in [1.54, 1.807) is 31.2 Å². The molecule has 11 nitrogen and oxygen atoms in total. The van der Waals surface area contributed by atoms with Crippen molar-refractivity contribution in [2.24, 2.45) is 7.05 Å². The van der Waals surface area contributed by atoms with Crippen LogP contribution in [-0.2, 0) is 17.1 Å². The van der Waals surface area contributed by atoms with Gasteiger partial charge in [0.15, 0.2) is 11.5 Å². The third-order valence-corrected chi connectivity index (χ3v) is 5.35. The first kappa shape index (κ1) is 19.5. The molecule has 2 N–H and O–H groups in total. The van der Waals surface area contributed by atoms with E-state index in [9.17, 15) is 18.3 Å². The lowest BCUT2D eigenvalue weighted by molar-refractivity contribution is 0.0680. The molecule has 2 aromatic heterocycles. The number of hydrogen-bond acceptors (Lipinski definition) is 8. The van der Waals surface area contributed by atoms with Gasteiger partial charge in [-0.05, 0) is 6.07 Å². The molecule has 1 aromatic carbocycles. The Morgan fingerprint density at radius 1 is 1.36 bits per heavy atom. The highest BCUT2D eigenvalue weighted by molar-refractivity contribution is 7.89. The quantitative estimate of drug-likeness (QED) is 0.582. The van der Waals surface area contributed by atoms with Gasteiger partial charge in [-0.3, -0.25) is 4.68 Å². The number of hydrogen-bond donors (Lipinski definition) is 2. The molecule has 0 fully saturated rings. The molecule has 0 saturated carbocycles. The largest absolute Gasteiger partial charge is 0.496 e. The standard InChI is InChI=1S/C16H17N5O6S/c1-9-18-15(19-27-9)13(10-6-4-5-7-11(10)26-3)20-28(24,25)12-8-17-21(2)14(12)16(22)23/h4-8,13,20H,1-3H3,(H,22,23). The molecule has 0 bridgehead atoms. The fraction of sp³-hybridized carbons (Fsp3) is 0.250. The minimum atomic E-state index is -4.32. The van der Waals surface area contributed by atoms with E-state index in [1.807, 2.05) is 0 Å². The summed E-state index contributed by atoms with van der Waals surface area (Å²) in [5.41, 5.74) is -0.0503. The summed E-state index contributed by atoms with van der Waals surface area (Å²) in [6.07, 6.45) is 0.965. The summed E-state index contributed by atoms with van der Waals surface area (Å²) in [7, 11) is -1.54. The van der Waals surface area contributed by atoms with Crippen molar-refractivity contribution < 1.29 is 27.6 Å². The first-order chi connectivity index (χ1) is 13.2. The van der Waals surface area contributed by atoms with Gasteiger partial charge in [0.05, 0.1) is 13.3 Å². The lowest BCUT2D eigenvalue weighted by Gasteiger charge is -2.18. The van der Waals surface area contributed by atoms with Gasteiger partial charge in [-0.15, -0.1) is 0 Å². The maximum atomic E-state index is 13.0. The number of carboxylic acid groups (broad SMARTS) is 1. The molecule has 1 atom stereocenters. The highest BCUT2D eigenvalue weighted by Gasteiger charge is 2.33. The van der Waals surface area contributed by atoms with Gasteiger partial charge in [-0.25, -0.2) is 13.2 Å². The van der Waals surface area contributed by atoms with Crippen LogP contribution in [0.5, 0.6) is 5.75 Å². The van der Waals surface area contributed by atoms with Gasteiger partial charge in [0.25, 0.3) is 0 Å². The van der Waals surface area contributed by atoms with Crippen LogP contribution >= 0.6 is 0 Å². The third kappa shape index (κ3) is 3.59. The topological polar surface area (TPSA) is 149 Å². The van der Waals surface area contributed by atoms with Crippen molar-refractivity contribution in [1.29, 1.82) is 0 Å². The highest BCUT2D eigenvalue weighted by Crippen LogP contribution is 2.30. The second-order valence-corrected chi connectivity index (χ2v) is 7.44. The van der Waals surface area contributed by atoms with Crippen LogP contribution in [0.15, 0.2) is 39.9 Å².